The molecule has 1 saturated heterocycles. The first-order valence-electron chi connectivity index (χ1n) is 3.82. The Morgan fingerprint density at radius 1 is 1.54 bits per heavy atom. The van der Waals surface area contributed by atoms with Crippen molar-refractivity contribution in [3.05, 3.63) is 0 Å². The summed E-state index contributed by atoms with van der Waals surface area (Å²) in [5, 5.41) is 8.79. The molecule has 13 heavy (non-hydrogen) atoms. The molecule has 2 amide bonds. The van der Waals surface area contributed by atoms with Gasteiger partial charge < -0.3 is 14.9 Å². The van der Waals surface area contributed by atoms with Gasteiger partial charge in [0.05, 0.1) is 5.88 Å². The second kappa shape index (κ2) is 3.87. The molecule has 0 unspecified atom stereocenters. The van der Waals surface area contributed by atoms with Crippen molar-refractivity contribution >= 4 is 23.8 Å². The minimum Gasteiger partial charge on any atom is -0.480 e. The number of thioether (sulfide) groups is 1. The van der Waals surface area contributed by atoms with Crippen LogP contribution in [-0.2, 0) is 4.79 Å². The molecule has 0 bridgehead atoms. The Bertz CT molecular complexity index is 232. The van der Waals surface area contributed by atoms with Crippen molar-refractivity contribution in [1.29, 1.82) is 0 Å². The van der Waals surface area contributed by atoms with Gasteiger partial charge in [0, 0.05) is 19.8 Å². The first-order chi connectivity index (χ1) is 6.04. The maximum absolute atomic E-state index is 11.4. The maximum atomic E-state index is 11.4. The standard InChI is InChI=1S/C7H12N2O3S/c1-8(2)7(12)9-4-13-3-5(9)6(10)11/h5H,3-4H2,1-2H3,(H,10,11)/t5-/m0/s1. The lowest BCUT2D eigenvalue weighted by molar-refractivity contribution is -0.140. The molecule has 0 aliphatic carbocycles. The highest BCUT2D eigenvalue weighted by atomic mass is 32.2. The van der Waals surface area contributed by atoms with E-state index in [0.29, 0.717) is 11.6 Å². The molecule has 1 N–H and O–H groups in total. The van der Waals surface area contributed by atoms with Crippen LogP contribution >= 0.6 is 11.8 Å². The van der Waals surface area contributed by atoms with Crippen LogP contribution in [0, 0.1) is 0 Å². The molecule has 1 rings (SSSR count). The summed E-state index contributed by atoms with van der Waals surface area (Å²) < 4.78 is 0. The van der Waals surface area contributed by atoms with E-state index in [9.17, 15) is 9.59 Å². The highest BCUT2D eigenvalue weighted by molar-refractivity contribution is 7.99. The third-order valence-electron chi connectivity index (χ3n) is 1.80. The summed E-state index contributed by atoms with van der Waals surface area (Å²) in [7, 11) is 3.23. The van der Waals surface area contributed by atoms with E-state index < -0.39 is 12.0 Å². The van der Waals surface area contributed by atoms with Gasteiger partial charge >= 0.3 is 12.0 Å². The molecule has 0 aromatic carbocycles. The third kappa shape index (κ3) is 2.06. The number of aliphatic carboxylic acids is 1. The minimum absolute atomic E-state index is 0.239. The fourth-order valence-corrected chi connectivity index (χ4v) is 2.23. The number of carboxylic acids is 1. The number of urea groups is 1. The molecule has 1 atom stereocenters. The normalized spacial score (nSPS) is 21.7. The Kier molecular flexibility index (Phi) is 3.02. The van der Waals surface area contributed by atoms with Crippen molar-refractivity contribution in [2.45, 2.75) is 6.04 Å². The molecule has 1 aliphatic rings. The Labute approximate surface area is 80.7 Å². The van der Waals surface area contributed by atoms with Crippen LogP contribution in [0.5, 0.6) is 0 Å². The van der Waals surface area contributed by atoms with Crippen molar-refractivity contribution in [2.75, 3.05) is 25.7 Å². The topological polar surface area (TPSA) is 60.9 Å². The van der Waals surface area contributed by atoms with Crippen LogP contribution < -0.4 is 0 Å². The SMILES string of the molecule is CN(C)C(=O)N1CSC[C@H]1C(=O)O. The van der Waals surface area contributed by atoms with Gasteiger partial charge in [-0.2, -0.15) is 0 Å². The van der Waals surface area contributed by atoms with Gasteiger partial charge in [0.25, 0.3) is 0 Å². The van der Waals surface area contributed by atoms with Crippen molar-refractivity contribution < 1.29 is 14.7 Å². The van der Waals surface area contributed by atoms with Crippen LogP contribution in [0.15, 0.2) is 0 Å². The molecule has 74 valence electrons. The summed E-state index contributed by atoms with van der Waals surface area (Å²) in [6.45, 7) is 0. The number of hydrogen-bond donors (Lipinski definition) is 1. The van der Waals surface area contributed by atoms with Gasteiger partial charge in [-0.3, -0.25) is 0 Å². The summed E-state index contributed by atoms with van der Waals surface area (Å²) in [6, 6.07) is -0.905. The molecular weight excluding hydrogens is 192 g/mol. The predicted octanol–water partition coefficient (Wildman–Crippen LogP) is 0.128. The van der Waals surface area contributed by atoms with Gasteiger partial charge in [0.1, 0.15) is 6.04 Å². The lowest BCUT2D eigenvalue weighted by Gasteiger charge is -2.24. The fourth-order valence-electron chi connectivity index (χ4n) is 1.09. The minimum atomic E-state index is -0.930. The second-order valence-corrected chi connectivity index (χ2v) is 4.00. The van der Waals surface area contributed by atoms with Gasteiger partial charge in [-0.05, 0) is 0 Å². The van der Waals surface area contributed by atoms with Crippen LogP contribution in [0.4, 0.5) is 4.79 Å². The zero-order chi connectivity index (χ0) is 10.0. The van der Waals surface area contributed by atoms with Crippen molar-refractivity contribution in [3.63, 3.8) is 0 Å². The van der Waals surface area contributed by atoms with E-state index in [-0.39, 0.29) is 6.03 Å². The zero-order valence-corrected chi connectivity index (χ0v) is 8.37. The Morgan fingerprint density at radius 2 is 2.15 bits per heavy atom. The number of carbonyl (C=O) groups is 2. The van der Waals surface area contributed by atoms with Crippen LogP contribution in [0.2, 0.25) is 0 Å². The monoisotopic (exact) mass is 204 g/mol. The largest absolute Gasteiger partial charge is 0.480 e. The second-order valence-electron chi connectivity index (χ2n) is 3.00. The Morgan fingerprint density at radius 3 is 2.62 bits per heavy atom. The average molecular weight is 204 g/mol. The van der Waals surface area contributed by atoms with Gasteiger partial charge in [-0.25, -0.2) is 9.59 Å². The zero-order valence-electron chi connectivity index (χ0n) is 7.56. The van der Waals surface area contributed by atoms with E-state index in [1.165, 1.54) is 21.6 Å². The van der Waals surface area contributed by atoms with Gasteiger partial charge in [-0.1, -0.05) is 0 Å². The summed E-state index contributed by atoms with van der Waals surface area (Å²) >= 11 is 1.46. The van der Waals surface area contributed by atoms with E-state index >= 15 is 0 Å². The number of nitrogens with zero attached hydrogens (tertiary/aromatic N) is 2. The summed E-state index contributed by atoms with van der Waals surface area (Å²) in [5.41, 5.74) is 0. The lowest BCUT2D eigenvalue weighted by Crippen LogP contribution is -2.46. The molecule has 1 fully saturated rings. The lowest BCUT2D eigenvalue weighted by atomic mass is 10.3. The van der Waals surface area contributed by atoms with Gasteiger partial charge in [0.15, 0.2) is 0 Å². The van der Waals surface area contributed by atoms with Crippen molar-refractivity contribution in [2.24, 2.45) is 0 Å². The first kappa shape index (κ1) is 10.2. The Hall–Kier alpha value is -0.910. The summed E-state index contributed by atoms with van der Waals surface area (Å²) in [5.74, 6) is 0.0169. The van der Waals surface area contributed by atoms with E-state index in [2.05, 4.69) is 0 Å². The summed E-state index contributed by atoms with van der Waals surface area (Å²) in [4.78, 5) is 24.9. The van der Waals surface area contributed by atoms with Crippen molar-refractivity contribution in [1.82, 2.24) is 9.80 Å². The van der Waals surface area contributed by atoms with Crippen LogP contribution in [-0.4, -0.2) is 58.7 Å². The smallest absolute Gasteiger partial charge is 0.327 e. The fraction of sp³-hybridized carbons (Fsp3) is 0.714. The molecule has 1 aliphatic heterocycles. The van der Waals surface area contributed by atoms with E-state index in [1.807, 2.05) is 0 Å². The van der Waals surface area contributed by atoms with E-state index in [4.69, 9.17) is 5.11 Å². The van der Waals surface area contributed by atoms with Gasteiger partial charge in [0.2, 0.25) is 0 Å². The maximum Gasteiger partial charge on any atom is 0.327 e. The first-order valence-corrected chi connectivity index (χ1v) is 4.98. The molecule has 0 saturated carbocycles. The molecular formula is C7H12N2O3S. The number of carbonyl (C=O) groups excluding carboxylic acids is 1. The van der Waals surface area contributed by atoms with Crippen LogP contribution in [0.3, 0.4) is 0 Å². The molecule has 0 radical (unpaired) electrons. The number of carboxylic acid groups (broad SMARTS) is 1. The molecule has 5 nitrogen and oxygen atoms in total. The van der Waals surface area contributed by atoms with Gasteiger partial charge in [-0.15, -0.1) is 11.8 Å². The quantitative estimate of drug-likeness (QED) is 0.659. The Balaban J connectivity index is 2.68. The van der Waals surface area contributed by atoms with Crippen LogP contribution in [0.1, 0.15) is 0 Å². The molecule has 1 heterocycles. The molecule has 0 aromatic rings. The number of rotatable bonds is 1. The highest BCUT2D eigenvalue weighted by Crippen LogP contribution is 2.21. The third-order valence-corrected chi connectivity index (χ3v) is 2.81. The number of hydrogen-bond acceptors (Lipinski definition) is 3. The highest BCUT2D eigenvalue weighted by Gasteiger charge is 2.35. The van der Waals surface area contributed by atoms with E-state index in [0.717, 1.165) is 0 Å². The predicted molar refractivity (Wildman–Crippen MR) is 49.7 cm³/mol. The average Bonchev–Trinajstić information content (AvgIpc) is 2.50. The number of amides is 2. The summed E-state index contributed by atoms with van der Waals surface area (Å²) in [6.07, 6.45) is 0. The van der Waals surface area contributed by atoms with Crippen LogP contribution in [0.25, 0.3) is 0 Å². The van der Waals surface area contributed by atoms with Crippen molar-refractivity contribution in [3.8, 4) is 0 Å². The molecule has 6 heteroatoms. The molecule has 0 spiro atoms. The molecule has 0 aromatic heterocycles. The van der Waals surface area contributed by atoms with E-state index in [1.54, 1.807) is 14.1 Å².